The number of ketones is 1. The van der Waals surface area contributed by atoms with Crippen molar-refractivity contribution in [3.8, 4) is 22.6 Å². The Balaban J connectivity index is 1.40. The second kappa shape index (κ2) is 17.5. The summed E-state index contributed by atoms with van der Waals surface area (Å²) in [6.07, 6.45) is 6.64. The van der Waals surface area contributed by atoms with Gasteiger partial charge in [-0.25, -0.2) is 4.98 Å². The van der Waals surface area contributed by atoms with E-state index in [0.29, 0.717) is 41.8 Å². The summed E-state index contributed by atoms with van der Waals surface area (Å²) in [5, 5.41) is 0. The molecule has 0 aliphatic carbocycles. The van der Waals surface area contributed by atoms with Crippen LogP contribution in [0, 0.1) is 6.92 Å². The number of rotatable bonds is 18. The molecule has 244 valence electrons. The van der Waals surface area contributed by atoms with Crippen LogP contribution in [0.5, 0.6) is 11.5 Å². The van der Waals surface area contributed by atoms with Crippen LogP contribution in [0.2, 0.25) is 0 Å². The molecule has 0 aliphatic heterocycles. The molecule has 7 nitrogen and oxygen atoms in total. The van der Waals surface area contributed by atoms with Gasteiger partial charge in [-0.15, -0.1) is 0 Å². The van der Waals surface area contributed by atoms with Crippen LogP contribution < -0.4 is 9.47 Å². The molecular weight excluding hydrogens is 610 g/mol. The number of alkyl halides is 2. The maximum absolute atomic E-state index is 13.1. The fraction of sp³-hybridized carbons (Fsp3) is 0.333. The lowest BCUT2D eigenvalue weighted by molar-refractivity contribution is -0.113. The molecule has 4 aromatic rings. The molecule has 0 bridgehead atoms. The smallest absolute Gasteiger partial charge is 0.387 e. The maximum Gasteiger partial charge on any atom is 0.387 e. The Kier molecular flexibility index (Phi) is 13.2. The molecule has 0 aliphatic rings. The van der Waals surface area contributed by atoms with Crippen LogP contribution in [-0.4, -0.2) is 46.0 Å². The third kappa shape index (κ3) is 10.2. The summed E-state index contributed by atoms with van der Waals surface area (Å²) in [5.41, 5.74) is 4.54. The first-order valence-corrected chi connectivity index (χ1v) is 16.7. The van der Waals surface area contributed by atoms with E-state index >= 15 is 0 Å². The zero-order chi connectivity index (χ0) is 32.9. The number of imidazole rings is 1. The van der Waals surface area contributed by atoms with E-state index in [9.17, 15) is 17.8 Å². The van der Waals surface area contributed by atoms with Gasteiger partial charge in [-0.1, -0.05) is 44.2 Å². The number of ether oxygens (including phenoxy) is 3. The van der Waals surface area contributed by atoms with Crippen molar-refractivity contribution in [1.82, 2.24) is 9.55 Å². The van der Waals surface area contributed by atoms with Crippen LogP contribution in [0.25, 0.3) is 17.2 Å². The first kappa shape index (κ1) is 34.7. The first-order valence-electron chi connectivity index (χ1n) is 15.4. The van der Waals surface area contributed by atoms with Crippen molar-refractivity contribution in [2.45, 2.75) is 63.8 Å². The Bertz CT molecular complexity index is 1620. The second-order valence-electron chi connectivity index (χ2n) is 10.7. The number of aromatic nitrogens is 2. The summed E-state index contributed by atoms with van der Waals surface area (Å²) in [5.74, 6) is 0.811. The molecule has 1 atom stereocenters. The molecule has 0 saturated heterocycles. The van der Waals surface area contributed by atoms with E-state index in [2.05, 4.69) is 11.9 Å². The molecule has 1 heterocycles. The zero-order valence-corrected chi connectivity index (χ0v) is 27.2. The van der Waals surface area contributed by atoms with E-state index in [1.165, 1.54) is 18.2 Å². The third-order valence-electron chi connectivity index (χ3n) is 7.16. The summed E-state index contributed by atoms with van der Waals surface area (Å²) in [6.45, 7) is 5.51. The van der Waals surface area contributed by atoms with Crippen LogP contribution in [0.15, 0.2) is 84.0 Å². The second-order valence-corrected chi connectivity index (χ2v) is 12.1. The van der Waals surface area contributed by atoms with E-state index in [1.54, 1.807) is 42.7 Å². The Morgan fingerprint density at radius 3 is 2.39 bits per heavy atom. The lowest BCUT2D eigenvalue weighted by Gasteiger charge is -2.11. The highest BCUT2D eigenvalue weighted by Crippen LogP contribution is 2.30. The minimum Gasteiger partial charge on any atom is -0.491 e. The van der Waals surface area contributed by atoms with E-state index < -0.39 is 17.4 Å². The molecular formula is C36H40F2N2O5S. The number of carbonyl (C=O) groups excluding carboxylic acids is 1. The van der Waals surface area contributed by atoms with E-state index in [4.69, 9.17) is 14.2 Å². The van der Waals surface area contributed by atoms with Gasteiger partial charge in [0.25, 0.3) is 0 Å². The van der Waals surface area contributed by atoms with E-state index in [0.717, 1.165) is 47.5 Å². The molecule has 0 amide bonds. The van der Waals surface area contributed by atoms with Gasteiger partial charge in [0.15, 0.2) is 5.78 Å². The van der Waals surface area contributed by atoms with Crippen LogP contribution in [0.3, 0.4) is 0 Å². The Morgan fingerprint density at radius 2 is 1.70 bits per heavy atom. The molecule has 1 aromatic heterocycles. The average Bonchev–Trinajstić information content (AvgIpc) is 3.39. The molecule has 0 radical (unpaired) electrons. The monoisotopic (exact) mass is 650 g/mol. The molecule has 0 spiro atoms. The van der Waals surface area contributed by atoms with Gasteiger partial charge >= 0.3 is 6.61 Å². The van der Waals surface area contributed by atoms with E-state index in [-0.39, 0.29) is 18.0 Å². The molecule has 46 heavy (non-hydrogen) atoms. The third-order valence-corrected chi connectivity index (χ3v) is 8.49. The summed E-state index contributed by atoms with van der Waals surface area (Å²) < 4.78 is 57.2. The van der Waals surface area contributed by atoms with Gasteiger partial charge in [0.1, 0.15) is 18.1 Å². The van der Waals surface area contributed by atoms with Gasteiger partial charge in [0.2, 0.25) is 0 Å². The number of hydrogen-bond donors (Lipinski definition) is 0. The Hall–Kier alpha value is -4.15. The van der Waals surface area contributed by atoms with Crippen LogP contribution in [-0.2, 0) is 39.0 Å². The molecule has 10 heteroatoms. The average molecular weight is 651 g/mol. The predicted octanol–water partition coefficient (Wildman–Crippen LogP) is 7.81. The van der Waals surface area contributed by atoms with Crippen molar-refractivity contribution in [2.24, 2.45) is 0 Å². The van der Waals surface area contributed by atoms with Gasteiger partial charge in [-0.05, 0) is 85.0 Å². The summed E-state index contributed by atoms with van der Waals surface area (Å²) in [7, 11) is -1.26. The lowest BCUT2D eigenvalue weighted by Crippen LogP contribution is -2.07. The normalized spacial score (nSPS) is 12.1. The number of carbonyl (C=O) groups is 1. The minimum absolute atomic E-state index is 0.0304. The highest BCUT2D eigenvalue weighted by Gasteiger charge is 2.14. The molecule has 0 N–H and O–H groups in total. The van der Waals surface area contributed by atoms with Crippen LogP contribution in [0.4, 0.5) is 8.78 Å². The standard InChI is InChI=1S/C36H40F2N2O5S/c1-4-18-40-25-39-26(3)34(40)24-46(42)33-15-6-27(7-16-33)22-31(41)12-8-30-23-29(11-17-35(30)45-36(37)38)28-9-13-32(14-10-28)44-21-20-43-19-5-2/h6-17,23,25,36H,4-5,18-22,24H2,1-3H3/b12-8+/t46-/m0/s1. The number of benzene rings is 3. The van der Waals surface area contributed by atoms with E-state index in [1.807, 2.05) is 42.7 Å². The molecule has 0 saturated carbocycles. The van der Waals surface area contributed by atoms with Gasteiger partial charge in [0.05, 0.1) is 40.9 Å². The van der Waals surface area contributed by atoms with Crippen molar-refractivity contribution >= 4 is 22.7 Å². The Labute approximate surface area is 271 Å². The highest BCUT2D eigenvalue weighted by molar-refractivity contribution is 7.84. The summed E-state index contributed by atoms with van der Waals surface area (Å²) in [6, 6.07) is 19.4. The van der Waals surface area contributed by atoms with Crippen molar-refractivity contribution < 1.29 is 32.0 Å². The number of aryl methyl sites for hydroxylation is 2. The molecule has 0 fully saturated rings. The highest BCUT2D eigenvalue weighted by atomic mass is 32.2. The maximum atomic E-state index is 13.1. The number of hydrogen-bond acceptors (Lipinski definition) is 6. The van der Waals surface area contributed by atoms with Crippen molar-refractivity contribution in [1.29, 1.82) is 0 Å². The molecule has 4 rings (SSSR count). The lowest BCUT2D eigenvalue weighted by atomic mass is 10.0. The van der Waals surface area contributed by atoms with Gasteiger partial charge < -0.3 is 18.8 Å². The summed E-state index contributed by atoms with van der Waals surface area (Å²) in [4.78, 5) is 17.9. The first-order chi connectivity index (χ1) is 22.3. The molecule has 3 aromatic carbocycles. The minimum atomic E-state index is -3.01. The summed E-state index contributed by atoms with van der Waals surface area (Å²) >= 11 is 0. The van der Waals surface area contributed by atoms with Crippen LogP contribution >= 0.6 is 0 Å². The van der Waals surface area contributed by atoms with Crippen molar-refractivity contribution in [3.63, 3.8) is 0 Å². The number of halogens is 2. The van der Waals surface area contributed by atoms with Gasteiger partial charge in [-0.2, -0.15) is 8.78 Å². The fourth-order valence-electron chi connectivity index (χ4n) is 4.81. The van der Waals surface area contributed by atoms with Gasteiger partial charge in [-0.3, -0.25) is 9.00 Å². The Morgan fingerprint density at radius 1 is 0.957 bits per heavy atom. The number of nitrogens with zero attached hydrogens (tertiary/aromatic N) is 2. The SMILES string of the molecule is CCCOCCOc1ccc(-c2ccc(OC(F)F)c(/C=C/C(=O)Cc3ccc([S@@](=O)Cc4c(C)ncn4CCC)cc3)c2)cc1. The topological polar surface area (TPSA) is 79.7 Å². The number of allylic oxidation sites excluding steroid dienone is 1. The molecule has 0 unspecified atom stereocenters. The quantitative estimate of drug-likeness (QED) is 0.0808. The zero-order valence-electron chi connectivity index (χ0n) is 26.4. The fourth-order valence-corrected chi connectivity index (χ4v) is 6.04. The van der Waals surface area contributed by atoms with Gasteiger partial charge in [0, 0.05) is 30.0 Å². The predicted molar refractivity (Wildman–Crippen MR) is 177 cm³/mol. The largest absolute Gasteiger partial charge is 0.491 e. The van der Waals surface area contributed by atoms with Crippen LogP contribution in [0.1, 0.15) is 49.2 Å². The van der Waals surface area contributed by atoms with Crippen molar-refractivity contribution in [3.05, 3.63) is 102 Å². The van der Waals surface area contributed by atoms with Crippen molar-refractivity contribution in [2.75, 3.05) is 19.8 Å².